The summed E-state index contributed by atoms with van der Waals surface area (Å²) in [5, 5.41) is 2.93. The number of hydrogen-bond acceptors (Lipinski definition) is 4. The molecule has 0 amide bonds. The predicted octanol–water partition coefficient (Wildman–Crippen LogP) is 9.04. The van der Waals surface area contributed by atoms with E-state index >= 15 is 0 Å². The van der Waals surface area contributed by atoms with Crippen LogP contribution in [-0.2, 0) is 0 Å². The first-order valence-electron chi connectivity index (χ1n) is 9.86. The summed E-state index contributed by atoms with van der Waals surface area (Å²) in [6.45, 7) is 6.69. The van der Waals surface area contributed by atoms with Crippen LogP contribution >= 0.6 is 45.3 Å². The molecule has 5 rings (SSSR count). The van der Waals surface area contributed by atoms with E-state index in [0.717, 1.165) is 0 Å². The van der Waals surface area contributed by atoms with Gasteiger partial charge in [0.25, 0.3) is 0 Å². The molecule has 1 aromatic carbocycles. The Morgan fingerprint density at radius 2 is 1.10 bits per heavy atom. The summed E-state index contributed by atoms with van der Waals surface area (Å²) in [7, 11) is 0. The van der Waals surface area contributed by atoms with Crippen molar-refractivity contribution in [2.24, 2.45) is 0 Å². The molecule has 0 saturated carbocycles. The molecule has 5 heteroatoms. The van der Waals surface area contributed by atoms with Crippen LogP contribution in [0.1, 0.15) is 14.6 Å². The Kier molecular flexibility index (Phi) is 5.03. The molecule has 4 aromatic heterocycles. The number of hydrogen-bond donors (Lipinski definition) is 0. The van der Waals surface area contributed by atoms with E-state index in [1.54, 1.807) is 2.89 Å². The van der Waals surface area contributed by atoms with Gasteiger partial charge in [-0.15, -0.1) is 0 Å². The summed E-state index contributed by atoms with van der Waals surface area (Å²) in [6, 6.07) is 14.2. The molecule has 0 fully saturated rings. The van der Waals surface area contributed by atoms with Gasteiger partial charge < -0.3 is 0 Å². The van der Waals surface area contributed by atoms with Gasteiger partial charge in [-0.1, -0.05) is 0 Å². The molecule has 0 aliphatic carbocycles. The minimum absolute atomic E-state index is 1.38. The van der Waals surface area contributed by atoms with Crippen molar-refractivity contribution >= 4 is 86.8 Å². The third-order valence-corrected chi connectivity index (χ3v) is 19.1. The molecule has 0 bridgehead atoms. The Balaban J connectivity index is 2.01. The van der Waals surface area contributed by atoms with Gasteiger partial charge >= 0.3 is 194 Å². The van der Waals surface area contributed by atoms with E-state index in [-0.39, 0.29) is 0 Å². The van der Waals surface area contributed by atoms with Gasteiger partial charge in [0.05, 0.1) is 0 Å². The third-order valence-electron chi connectivity index (χ3n) is 5.29. The van der Waals surface area contributed by atoms with E-state index < -0.39 is 18.4 Å². The normalized spacial score (nSPS) is 12.5. The predicted molar refractivity (Wildman–Crippen MR) is 141 cm³/mol. The van der Waals surface area contributed by atoms with E-state index in [1.165, 1.54) is 55.7 Å². The van der Waals surface area contributed by atoms with Crippen LogP contribution in [0.2, 0.25) is 14.8 Å². The number of thiophene rings is 4. The van der Waals surface area contributed by atoms with Crippen LogP contribution in [0.3, 0.4) is 0 Å². The van der Waals surface area contributed by atoms with Gasteiger partial charge in [-0.05, 0) is 0 Å². The van der Waals surface area contributed by atoms with Crippen molar-refractivity contribution in [1.29, 1.82) is 0 Å². The van der Waals surface area contributed by atoms with Crippen LogP contribution in [0.4, 0.5) is 0 Å². The van der Waals surface area contributed by atoms with E-state index in [2.05, 4.69) is 83.3 Å². The first-order valence-corrected chi connectivity index (χ1v) is 23.1. The maximum atomic E-state index is 2.57. The molecule has 0 nitrogen and oxygen atoms in total. The molecule has 4 heterocycles. The zero-order valence-corrected chi connectivity index (χ0v) is 23.7. The van der Waals surface area contributed by atoms with Crippen molar-refractivity contribution in [3.63, 3.8) is 0 Å². The molecular formula is C24H24S4Sn. The standard InChI is InChI=1S/C21H15S4.3CH3.Sn/c1-11-4-6-16(23-11)18-14-8-9-22-20(14)21-15(10-13(3)25-21)19(18)17-7-5-12(2)24-17;;;;/h4-8,10H,1-3H3;3*1H3;. The van der Waals surface area contributed by atoms with Crippen molar-refractivity contribution in [1.82, 2.24) is 0 Å². The number of aryl methyl sites for hydroxylation is 3. The van der Waals surface area contributed by atoms with Gasteiger partial charge in [-0.2, -0.15) is 0 Å². The first-order chi connectivity index (χ1) is 13.7. The molecule has 0 radical (unpaired) electrons. The third kappa shape index (κ3) is 3.45. The Labute approximate surface area is 192 Å². The molecule has 0 aliphatic heterocycles. The van der Waals surface area contributed by atoms with Crippen LogP contribution in [-0.4, -0.2) is 18.4 Å². The Morgan fingerprint density at radius 1 is 0.586 bits per heavy atom. The van der Waals surface area contributed by atoms with Gasteiger partial charge in [0, 0.05) is 0 Å². The fourth-order valence-corrected chi connectivity index (χ4v) is 13.3. The Hall–Kier alpha value is -0.661. The summed E-state index contributed by atoms with van der Waals surface area (Å²) in [6.07, 6.45) is 0. The van der Waals surface area contributed by atoms with Gasteiger partial charge in [-0.3, -0.25) is 0 Å². The van der Waals surface area contributed by atoms with E-state index in [0.29, 0.717) is 0 Å². The van der Waals surface area contributed by atoms with Gasteiger partial charge in [-0.25, -0.2) is 0 Å². The SMILES string of the molecule is Cc1ccc(-c2c(-c3ccc(C)s3)c3c[c]([Sn]([CH3])([CH3])[CH3])sc3c3sc(C)cc23)s1. The number of rotatable bonds is 3. The molecule has 0 spiro atoms. The second kappa shape index (κ2) is 7.20. The van der Waals surface area contributed by atoms with Crippen LogP contribution in [0.15, 0.2) is 36.4 Å². The molecule has 29 heavy (non-hydrogen) atoms. The van der Waals surface area contributed by atoms with Gasteiger partial charge in [0.2, 0.25) is 0 Å². The quantitative estimate of drug-likeness (QED) is 0.194. The van der Waals surface area contributed by atoms with Crippen LogP contribution in [0.5, 0.6) is 0 Å². The molecule has 0 atom stereocenters. The summed E-state index contributed by atoms with van der Waals surface area (Å²) in [4.78, 5) is 14.6. The zero-order valence-electron chi connectivity index (χ0n) is 17.6. The number of benzene rings is 1. The molecule has 148 valence electrons. The molecular weight excluding hydrogens is 535 g/mol. The molecule has 5 aromatic rings. The van der Waals surface area contributed by atoms with Crippen molar-refractivity contribution in [2.45, 2.75) is 35.6 Å². The summed E-state index contributed by atoms with van der Waals surface area (Å²) < 4.78 is 4.68. The second-order valence-corrected chi connectivity index (χ2v) is 29.1. The van der Waals surface area contributed by atoms with E-state index in [1.807, 2.05) is 34.0 Å². The molecule has 0 aliphatic rings. The molecule has 0 unspecified atom stereocenters. The molecule has 0 N–H and O–H groups in total. The van der Waals surface area contributed by atoms with Gasteiger partial charge in [0.15, 0.2) is 0 Å². The fraction of sp³-hybridized carbons (Fsp3) is 0.250. The van der Waals surface area contributed by atoms with Crippen molar-refractivity contribution < 1.29 is 0 Å². The van der Waals surface area contributed by atoms with Crippen LogP contribution < -0.4 is 2.89 Å². The molecule has 0 saturated heterocycles. The monoisotopic (exact) mass is 560 g/mol. The Morgan fingerprint density at radius 3 is 1.59 bits per heavy atom. The second-order valence-electron chi connectivity index (χ2n) is 8.77. The topological polar surface area (TPSA) is 0 Å². The minimum atomic E-state index is -2.17. The summed E-state index contributed by atoms with van der Waals surface area (Å²) in [5.41, 5.74) is 2.91. The van der Waals surface area contributed by atoms with E-state index in [9.17, 15) is 0 Å². The number of fused-ring (bicyclic) bond motifs is 3. The average Bonchev–Trinajstić information content (AvgIpc) is 3.38. The van der Waals surface area contributed by atoms with Crippen molar-refractivity contribution in [3.05, 3.63) is 51.0 Å². The maximum absolute atomic E-state index is 2.57. The van der Waals surface area contributed by atoms with Crippen molar-refractivity contribution in [2.75, 3.05) is 0 Å². The summed E-state index contributed by atoms with van der Waals surface area (Å²) in [5.74, 6) is 0. The zero-order chi connectivity index (χ0) is 20.5. The Bertz CT molecular complexity index is 1370. The first kappa shape index (κ1) is 20.3. The average molecular weight is 559 g/mol. The van der Waals surface area contributed by atoms with Crippen LogP contribution in [0, 0.1) is 20.8 Å². The summed E-state index contributed by atoms with van der Waals surface area (Å²) >= 11 is 5.75. The van der Waals surface area contributed by atoms with Crippen LogP contribution in [0.25, 0.3) is 41.1 Å². The van der Waals surface area contributed by atoms with E-state index in [4.69, 9.17) is 0 Å². The fourth-order valence-electron chi connectivity index (χ4n) is 3.90. The van der Waals surface area contributed by atoms with Crippen molar-refractivity contribution in [3.8, 4) is 20.9 Å². The van der Waals surface area contributed by atoms with Gasteiger partial charge in [0.1, 0.15) is 0 Å².